The number of hydrogen-bond acceptors (Lipinski definition) is 5. The molecule has 0 aromatic heterocycles. The minimum atomic E-state index is -3.65. The Labute approximate surface area is 233 Å². The lowest BCUT2D eigenvalue weighted by atomic mass is 10.1. The lowest BCUT2D eigenvalue weighted by molar-refractivity contribution is -0.140. The van der Waals surface area contributed by atoms with Gasteiger partial charge < -0.3 is 15.0 Å². The molecule has 0 saturated carbocycles. The topological polar surface area (TPSA) is 96.0 Å². The molecule has 0 bridgehead atoms. The maximum atomic E-state index is 13.3. The number of methoxy groups -OCH3 is 1. The third kappa shape index (κ3) is 8.95. The van der Waals surface area contributed by atoms with E-state index in [4.69, 9.17) is 39.5 Å². The van der Waals surface area contributed by atoms with Gasteiger partial charge in [0.05, 0.1) is 34.1 Å². The van der Waals surface area contributed by atoms with Crippen LogP contribution >= 0.6 is 34.8 Å². The second-order valence-electron chi connectivity index (χ2n) is 8.49. The maximum Gasteiger partial charge on any atom is 0.242 e. The summed E-state index contributed by atoms with van der Waals surface area (Å²) >= 11 is 18.3. The fourth-order valence-corrected chi connectivity index (χ4v) is 5.16. The smallest absolute Gasteiger partial charge is 0.242 e. The van der Waals surface area contributed by atoms with E-state index in [0.717, 1.165) is 12.7 Å². The first-order valence-corrected chi connectivity index (χ1v) is 14.7. The first-order valence-electron chi connectivity index (χ1n) is 11.7. The Morgan fingerprint density at radius 1 is 1.05 bits per heavy atom. The average Bonchev–Trinajstić information content (AvgIpc) is 2.84. The molecule has 1 atom stereocenters. The van der Waals surface area contributed by atoms with Crippen molar-refractivity contribution >= 4 is 62.3 Å². The van der Waals surface area contributed by atoms with Gasteiger partial charge in [-0.3, -0.25) is 13.9 Å². The molecular weight excluding hydrogens is 561 g/mol. The molecule has 0 fully saturated rings. The molecule has 2 aromatic carbocycles. The van der Waals surface area contributed by atoms with E-state index < -0.39 is 16.1 Å². The van der Waals surface area contributed by atoms with Crippen molar-refractivity contribution in [1.29, 1.82) is 0 Å². The molecule has 0 aliphatic carbocycles. The molecule has 1 N–H and O–H groups in total. The minimum absolute atomic E-state index is 0.0165. The second kappa shape index (κ2) is 14.1. The highest BCUT2D eigenvalue weighted by molar-refractivity contribution is 7.92. The van der Waals surface area contributed by atoms with Crippen LogP contribution in [0.4, 0.5) is 5.69 Å². The monoisotopic (exact) mass is 591 g/mol. The van der Waals surface area contributed by atoms with Crippen molar-refractivity contribution in [3.05, 3.63) is 57.0 Å². The van der Waals surface area contributed by atoms with E-state index in [1.54, 1.807) is 37.3 Å². The number of sulfonamides is 1. The van der Waals surface area contributed by atoms with Crippen molar-refractivity contribution in [3.63, 3.8) is 0 Å². The maximum absolute atomic E-state index is 13.3. The number of amides is 2. The van der Waals surface area contributed by atoms with Gasteiger partial charge in [0.2, 0.25) is 21.8 Å². The summed E-state index contributed by atoms with van der Waals surface area (Å²) in [4.78, 5) is 27.4. The van der Waals surface area contributed by atoms with E-state index in [9.17, 15) is 18.0 Å². The first-order chi connectivity index (χ1) is 17.4. The van der Waals surface area contributed by atoms with Crippen molar-refractivity contribution in [2.75, 3.05) is 30.8 Å². The summed E-state index contributed by atoms with van der Waals surface area (Å²) < 4.78 is 31.3. The summed E-state index contributed by atoms with van der Waals surface area (Å²) in [5.41, 5.74) is 1.07. The Balaban J connectivity index is 2.20. The molecule has 204 valence electrons. The number of benzene rings is 2. The molecule has 2 rings (SSSR count). The number of rotatable bonds is 13. The van der Waals surface area contributed by atoms with E-state index in [0.29, 0.717) is 33.6 Å². The van der Waals surface area contributed by atoms with E-state index in [1.807, 2.05) is 6.92 Å². The molecule has 12 heteroatoms. The molecule has 0 aliphatic heterocycles. The van der Waals surface area contributed by atoms with Crippen LogP contribution in [0, 0.1) is 0 Å². The summed E-state index contributed by atoms with van der Waals surface area (Å²) in [6.07, 6.45) is 2.08. The summed E-state index contributed by atoms with van der Waals surface area (Å²) in [5.74, 6) is -0.158. The highest BCUT2D eigenvalue weighted by Gasteiger charge is 2.27. The average molecular weight is 593 g/mol. The standard InChI is InChI=1S/C25H32Cl3N3O5S/c1-5-12-29-25(33)17(2)30(16-18-8-10-20(26)21(27)14-18)24(32)7-6-13-31(37(4,34)35)19-9-11-23(36-3)22(28)15-19/h8-11,14-15,17H,5-7,12-13,16H2,1-4H3,(H,29,33). The van der Waals surface area contributed by atoms with E-state index in [1.165, 1.54) is 22.4 Å². The zero-order chi connectivity index (χ0) is 27.8. The molecule has 37 heavy (non-hydrogen) atoms. The van der Waals surface area contributed by atoms with Gasteiger partial charge in [0, 0.05) is 26.1 Å². The fraction of sp³-hybridized carbons (Fsp3) is 0.440. The van der Waals surface area contributed by atoms with E-state index >= 15 is 0 Å². The third-order valence-corrected chi connectivity index (χ3v) is 7.86. The number of nitrogens with zero attached hydrogens (tertiary/aromatic N) is 2. The van der Waals surface area contributed by atoms with Gasteiger partial charge in [-0.2, -0.15) is 0 Å². The number of carbonyl (C=O) groups excluding carboxylic acids is 2. The molecule has 0 heterocycles. The van der Waals surface area contributed by atoms with Crippen molar-refractivity contribution in [2.45, 2.75) is 45.7 Å². The molecule has 0 saturated heterocycles. The van der Waals surface area contributed by atoms with Crippen molar-refractivity contribution in [1.82, 2.24) is 10.2 Å². The quantitative estimate of drug-likeness (QED) is 0.347. The van der Waals surface area contributed by atoms with Crippen LogP contribution in [-0.2, 0) is 26.2 Å². The van der Waals surface area contributed by atoms with Crippen molar-refractivity contribution < 1.29 is 22.7 Å². The SMILES string of the molecule is CCCNC(=O)C(C)N(Cc1ccc(Cl)c(Cl)c1)C(=O)CCCN(c1ccc(OC)c(Cl)c1)S(C)(=O)=O. The van der Waals surface area contributed by atoms with Crippen LogP contribution in [0.2, 0.25) is 15.1 Å². The third-order valence-electron chi connectivity index (χ3n) is 5.63. The highest BCUT2D eigenvalue weighted by Crippen LogP contribution is 2.30. The Kier molecular flexibility index (Phi) is 11.8. The molecule has 2 amide bonds. The largest absolute Gasteiger partial charge is 0.495 e. The van der Waals surface area contributed by atoms with E-state index in [2.05, 4.69) is 5.32 Å². The summed E-state index contributed by atoms with van der Waals surface area (Å²) in [7, 11) is -2.19. The number of anilines is 1. The van der Waals surface area contributed by atoms with Crippen LogP contribution < -0.4 is 14.4 Å². The van der Waals surface area contributed by atoms with Gasteiger partial charge in [0.1, 0.15) is 11.8 Å². The number of halogens is 3. The Hall–Kier alpha value is -2.20. The molecule has 0 spiro atoms. The molecule has 2 aromatic rings. The van der Waals surface area contributed by atoms with E-state index in [-0.39, 0.29) is 42.8 Å². The van der Waals surface area contributed by atoms with Gasteiger partial charge in [-0.1, -0.05) is 47.8 Å². The van der Waals surface area contributed by atoms with Gasteiger partial charge in [0.25, 0.3) is 0 Å². The molecular formula is C25H32Cl3N3O5S. The van der Waals surface area contributed by atoms with Gasteiger partial charge in [-0.15, -0.1) is 0 Å². The molecule has 1 unspecified atom stereocenters. The van der Waals surface area contributed by atoms with Crippen molar-refractivity contribution in [2.24, 2.45) is 0 Å². The second-order valence-corrected chi connectivity index (χ2v) is 11.6. The lowest BCUT2D eigenvalue weighted by Crippen LogP contribution is -2.47. The van der Waals surface area contributed by atoms with Crippen LogP contribution in [-0.4, -0.2) is 57.6 Å². The van der Waals surface area contributed by atoms with Gasteiger partial charge in [-0.25, -0.2) is 8.42 Å². The minimum Gasteiger partial charge on any atom is -0.495 e. The van der Waals surface area contributed by atoms with Crippen molar-refractivity contribution in [3.8, 4) is 5.75 Å². The summed E-state index contributed by atoms with van der Waals surface area (Å²) in [6.45, 7) is 4.27. The fourth-order valence-electron chi connectivity index (χ4n) is 3.63. The predicted octanol–water partition coefficient (Wildman–Crippen LogP) is 5.15. The van der Waals surface area contributed by atoms with Crippen LogP contribution in [0.15, 0.2) is 36.4 Å². The van der Waals surface area contributed by atoms with Crippen LogP contribution in [0.5, 0.6) is 5.75 Å². The molecule has 8 nitrogen and oxygen atoms in total. The van der Waals surface area contributed by atoms with Gasteiger partial charge >= 0.3 is 0 Å². The van der Waals surface area contributed by atoms with Gasteiger partial charge in [-0.05, 0) is 55.7 Å². The first kappa shape index (κ1) is 31.0. The van der Waals surface area contributed by atoms with Gasteiger partial charge in [0.15, 0.2) is 0 Å². The number of carbonyl (C=O) groups is 2. The highest BCUT2D eigenvalue weighted by atomic mass is 35.5. The zero-order valence-corrected chi connectivity index (χ0v) is 24.3. The zero-order valence-electron chi connectivity index (χ0n) is 21.3. The van der Waals surface area contributed by atoms with Crippen LogP contribution in [0.3, 0.4) is 0 Å². The number of ether oxygens (including phenoxy) is 1. The Bertz CT molecular complexity index is 1210. The van der Waals surface area contributed by atoms with Crippen LogP contribution in [0.25, 0.3) is 0 Å². The number of nitrogens with one attached hydrogen (secondary N) is 1. The Morgan fingerprint density at radius 3 is 2.32 bits per heavy atom. The number of hydrogen-bond donors (Lipinski definition) is 1. The predicted molar refractivity (Wildman–Crippen MR) is 149 cm³/mol. The van der Waals surface area contributed by atoms with Crippen LogP contribution in [0.1, 0.15) is 38.7 Å². The summed E-state index contributed by atoms with van der Waals surface area (Å²) in [5, 5.41) is 3.81. The Morgan fingerprint density at radius 2 is 1.76 bits per heavy atom. The lowest BCUT2D eigenvalue weighted by Gasteiger charge is -2.29. The molecule has 0 radical (unpaired) electrons. The summed E-state index contributed by atoms with van der Waals surface area (Å²) in [6, 6.07) is 8.94. The molecule has 0 aliphatic rings. The normalized spacial score (nSPS) is 12.1.